The van der Waals surface area contributed by atoms with Crippen molar-refractivity contribution in [3.05, 3.63) is 194 Å². The molecule has 13 rings (SSSR count). The number of fused-ring (bicyclic) bond motifs is 13. The lowest BCUT2D eigenvalue weighted by Gasteiger charge is -2.12. The summed E-state index contributed by atoms with van der Waals surface area (Å²) in [5, 5.41) is 10.6. The minimum atomic E-state index is 0.706. The number of aromatic nitrogens is 4. The van der Waals surface area contributed by atoms with Crippen molar-refractivity contribution >= 4 is 87.2 Å². The molecule has 5 heteroatoms. The van der Waals surface area contributed by atoms with Gasteiger partial charge in [-0.2, -0.15) is 0 Å². The molecule has 0 aliphatic heterocycles. The molecule has 0 aliphatic rings. The van der Waals surface area contributed by atoms with Crippen LogP contribution in [0.5, 0.6) is 0 Å². The van der Waals surface area contributed by atoms with Gasteiger partial charge in [-0.05, 0) is 89.6 Å². The third-order valence-electron chi connectivity index (χ3n) is 12.1. The number of nitrogens with zero attached hydrogens (tertiary/aromatic N) is 4. The first kappa shape index (κ1) is 32.1. The molecule has 4 aromatic heterocycles. The number of hydrogen-bond acceptors (Lipinski definition) is 3. The van der Waals surface area contributed by atoms with Gasteiger partial charge in [-0.3, -0.25) is 0 Å². The van der Waals surface area contributed by atoms with Crippen LogP contribution in [0.2, 0.25) is 0 Å². The van der Waals surface area contributed by atoms with Crippen LogP contribution < -0.4 is 0 Å². The van der Waals surface area contributed by atoms with Gasteiger partial charge in [0.1, 0.15) is 11.2 Å². The van der Waals surface area contributed by atoms with E-state index in [1.807, 2.05) is 24.3 Å². The Morgan fingerprint density at radius 2 is 1.05 bits per heavy atom. The molecular weight excluding hydrogens is 721 g/mol. The van der Waals surface area contributed by atoms with Crippen molar-refractivity contribution in [2.75, 3.05) is 0 Å². The third-order valence-corrected chi connectivity index (χ3v) is 12.1. The van der Waals surface area contributed by atoms with E-state index < -0.39 is 0 Å². The van der Waals surface area contributed by atoms with Crippen molar-refractivity contribution in [1.82, 2.24) is 19.1 Å². The number of rotatable bonds is 4. The maximum atomic E-state index is 6.50. The lowest BCUT2D eigenvalue weighted by atomic mass is 10.0. The van der Waals surface area contributed by atoms with Crippen LogP contribution in [-0.4, -0.2) is 19.1 Å². The van der Waals surface area contributed by atoms with Crippen molar-refractivity contribution in [3.8, 4) is 34.0 Å². The van der Waals surface area contributed by atoms with E-state index in [1.54, 1.807) is 0 Å². The summed E-state index contributed by atoms with van der Waals surface area (Å²) in [6.07, 6.45) is 0. The van der Waals surface area contributed by atoms with Crippen LogP contribution in [0, 0.1) is 0 Å². The fourth-order valence-electron chi connectivity index (χ4n) is 9.51. The monoisotopic (exact) mass is 752 g/mol. The van der Waals surface area contributed by atoms with Crippen LogP contribution in [0.25, 0.3) is 121 Å². The van der Waals surface area contributed by atoms with E-state index in [-0.39, 0.29) is 0 Å². The minimum Gasteiger partial charge on any atom is -0.456 e. The molecule has 0 N–H and O–H groups in total. The first-order chi connectivity index (χ1) is 29.3. The van der Waals surface area contributed by atoms with Crippen LogP contribution in [-0.2, 0) is 0 Å². The van der Waals surface area contributed by atoms with E-state index in [9.17, 15) is 0 Å². The van der Waals surface area contributed by atoms with Crippen molar-refractivity contribution in [2.45, 2.75) is 0 Å². The highest BCUT2D eigenvalue weighted by molar-refractivity contribution is 6.33. The summed E-state index contributed by atoms with van der Waals surface area (Å²) in [5.41, 5.74) is 12.5. The van der Waals surface area contributed by atoms with Gasteiger partial charge < -0.3 is 13.6 Å². The van der Waals surface area contributed by atoms with E-state index in [0.29, 0.717) is 5.82 Å². The second kappa shape index (κ2) is 12.2. The summed E-state index contributed by atoms with van der Waals surface area (Å²) in [4.78, 5) is 10.2. The smallest absolute Gasteiger partial charge is 0.160 e. The van der Waals surface area contributed by atoms with Gasteiger partial charge in [-0.25, -0.2) is 9.97 Å². The van der Waals surface area contributed by atoms with Gasteiger partial charge in [0.05, 0.1) is 38.7 Å². The van der Waals surface area contributed by atoms with Crippen molar-refractivity contribution in [2.24, 2.45) is 0 Å². The van der Waals surface area contributed by atoms with Crippen LogP contribution >= 0.6 is 0 Å². The van der Waals surface area contributed by atoms with Gasteiger partial charge in [-0.15, -0.1) is 0 Å². The first-order valence-corrected chi connectivity index (χ1v) is 20.0. The van der Waals surface area contributed by atoms with Crippen LogP contribution in [0.15, 0.2) is 199 Å². The van der Waals surface area contributed by atoms with Crippen LogP contribution in [0.1, 0.15) is 0 Å². The fraction of sp³-hybridized carbons (Fsp3) is 0. The van der Waals surface area contributed by atoms with Gasteiger partial charge in [-0.1, -0.05) is 115 Å². The maximum Gasteiger partial charge on any atom is 0.160 e. The van der Waals surface area contributed by atoms with Gasteiger partial charge >= 0.3 is 0 Å². The molecule has 0 spiro atoms. The molecule has 0 amide bonds. The maximum absolute atomic E-state index is 6.50. The zero-order valence-corrected chi connectivity index (χ0v) is 31.7. The molecule has 5 nitrogen and oxygen atoms in total. The number of benzene rings is 9. The molecule has 4 heterocycles. The van der Waals surface area contributed by atoms with E-state index in [0.717, 1.165) is 83.1 Å². The summed E-state index contributed by atoms with van der Waals surface area (Å²) < 4.78 is 11.4. The second-order valence-electron chi connectivity index (χ2n) is 15.3. The summed E-state index contributed by atoms with van der Waals surface area (Å²) >= 11 is 0. The molecule has 0 atom stereocenters. The minimum absolute atomic E-state index is 0.706. The molecule has 0 saturated heterocycles. The Morgan fingerprint density at radius 1 is 0.373 bits per heavy atom. The largest absolute Gasteiger partial charge is 0.456 e. The first-order valence-electron chi connectivity index (χ1n) is 20.0. The van der Waals surface area contributed by atoms with E-state index in [1.165, 1.54) is 32.3 Å². The topological polar surface area (TPSA) is 48.8 Å². The SMILES string of the molecule is c1ccc(-c2nc(-c3ccc(-n4c5ccccc5c5c6c7ccc8oc9ccccc9c8c7n(-c7ccc8ccccc8c7)c6ccc54)cc3)nc3ccccc23)cc1. The average Bonchev–Trinajstić information content (AvgIpc) is 3.96. The second-order valence-corrected chi connectivity index (χ2v) is 15.3. The Morgan fingerprint density at radius 3 is 1.92 bits per heavy atom. The summed E-state index contributed by atoms with van der Waals surface area (Å²) in [5.74, 6) is 0.706. The van der Waals surface area contributed by atoms with Crippen molar-refractivity contribution in [1.29, 1.82) is 0 Å². The van der Waals surface area contributed by atoms with Gasteiger partial charge in [0.25, 0.3) is 0 Å². The quantitative estimate of drug-likeness (QED) is 0.180. The standard InChI is InChI=1S/C54H32N4O/c1-2-13-34(14-3-1)52-39-16-6-9-19-43(39)55-54(56-52)35-23-25-37(26-24-35)57-44-20-10-7-17-40(44)49-45(57)29-30-46-50(49)42-28-31-48-51(41-18-8-11-21-47(41)59-48)53(42)58(46)38-27-22-33-12-4-5-15-36(33)32-38/h1-32H. The Kier molecular flexibility index (Phi) is 6.66. The Hall–Kier alpha value is -8.02. The third kappa shape index (κ3) is 4.67. The van der Waals surface area contributed by atoms with E-state index >= 15 is 0 Å². The molecule has 274 valence electrons. The van der Waals surface area contributed by atoms with Gasteiger partial charge in [0, 0.05) is 54.8 Å². The summed E-state index contributed by atoms with van der Waals surface area (Å²) in [6.45, 7) is 0. The fourth-order valence-corrected chi connectivity index (χ4v) is 9.51. The number of para-hydroxylation sites is 3. The molecular formula is C54H32N4O. The Labute approximate surface area is 337 Å². The predicted molar refractivity (Wildman–Crippen MR) is 244 cm³/mol. The molecule has 0 radical (unpaired) electrons. The average molecular weight is 753 g/mol. The van der Waals surface area contributed by atoms with Crippen LogP contribution in [0.4, 0.5) is 0 Å². The molecule has 59 heavy (non-hydrogen) atoms. The molecule has 0 aliphatic carbocycles. The molecule has 0 saturated carbocycles. The zero-order chi connectivity index (χ0) is 38.6. The highest BCUT2D eigenvalue weighted by atomic mass is 16.3. The van der Waals surface area contributed by atoms with E-state index in [4.69, 9.17) is 14.4 Å². The molecule has 0 unspecified atom stereocenters. The predicted octanol–water partition coefficient (Wildman–Crippen LogP) is 14.2. The lowest BCUT2D eigenvalue weighted by Crippen LogP contribution is -1.97. The lowest BCUT2D eigenvalue weighted by molar-refractivity contribution is 0.669. The summed E-state index contributed by atoms with van der Waals surface area (Å²) in [6, 6.07) is 68.9. The van der Waals surface area contributed by atoms with Crippen molar-refractivity contribution in [3.63, 3.8) is 0 Å². The molecule has 13 aromatic rings. The van der Waals surface area contributed by atoms with E-state index in [2.05, 4.69) is 179 Å². The molecule has 0 fully saturated rings. The zero-order valence-electron chi connectivity index (χ0n) is 31.7. The number of hydrogen-bond donors (Lipinski definition) is 0. The summed E-state index contributed by atoms with van der Waals surface area (Å²) in [7, 11) is 0. The highest BCUT2D eigenvalue weighted by Gasteiger charge is 2.24. The van der Waals surface area contributed by atoms with Crippen molar-refractivity contribution < 1.29 is 4.42 Å². The van der Waals surface area contributed by atoms with Gasteiger partial charge in [0.15, 0.2) is 5.82 Å². The Balaban J connectivity index is 1.07. The highest BCUT2D eigenvalue weighted by Crippen LogP contribution is 2.46. The molecule has 0 bridgehead atoms. The number of furan rings is 1. The normalized spacial score (nSPS) is 12.1. The molecule has 9 aromatic carbocycles. The van der Waals surface area contributed by atoms with Crippen LogP contribution in [0.3, 0.4) is 0 Å². The van der Waals surface area contributed by atoms with Gasteiger partial charge in [0.2, 0.25) is 0 Å². The Bertz CT molecular complexity index is 3830.